The van der Waals surface area contributed by atoms with Crippen LogP contribution in [0.2, 0.25) is 0 Å². The first kappa shape index (κ1) is 11.8. The second-order valence-corrected chi connectivity index (χ2v) is 4.84. The van der Waals surface area contributed by atoms with Crippen LogP contribution in [0.15, 0.2) is 18.3 Å². The predicted molar refractivity (Wildman–Crippen MR) is 58.1 cm³/mol. The van der Waals surface area contributed by atoms with E-state index in [4.69, 9.17) is 4.74 Å². The van der Waals surface area contributed by atoms with E-state index in [-0.39, 0.29) is 5.75 Å². The number of hydrogen-bond donors (Lipinski definition) is 1. The number of fused-ring (bicyclic) bond motifs is 1. The van der Waals surface area contributed by atoms with Gasteiger partial charge in [-0.1, -0.05) is 0 Å². The third kappa shape index (κ3) is 2.16. The summed E-state index contributed by atoms with van der Waals surface area (Å²) in [4.78, 5) is 3.30. The monoisotopic (exact) mass is 258 g/mol. The van der Waals surface area contributed by atoms with Gasteiger partial charge in [0.25, 0.3) is 0 Å². The Morgan fingerprint density at radius 1 is 1.33 bits per heavy atom. The van der Waals surface area contributed by atoms with Crippen molar-refractivity contribution in [2.24, 2.45) is 17.8 Å². The van der Waals surface area contributed by atoms with Crippen molar-refractivity contribution in [3.05, 3.63) is 24.0 Å². The maximum atomic E-state index is 12.4. The maximum absolute atomic E-state index is 12.4. The molecular weight excluding hydrogens is 245 g/mol. The van der Waals surface area contributed by atoms with E-state index in [0.29, 0.717) is 24.4 Å². The lowest BCUT2D eigenvalue weighted by atomic mass is 10.3. The molecule has 2 heterocycles. The molecule has 0 amide bonds. The average molecular weight is 258 g/mol. The molecule has 1 aliphatic carbocycles. The van der Waals surface area contributed by atoms with Crippen molar-refractivity contribution in [2.45, 2.75) is 6.18 Å². The SMILES string of the molecule is FC(F)(F)c1cc(OCC2[C@H]3CNC[C@@H]23)ccn1. The van der Waals surface area contributed by atoms with Crippen molar-refractivity contribution in [3.8, 4) is 5.75 Å². The Balaban J connectivity index is 1.60. The van der Waals surface area contributed by atoms with Crippen molar-refractivity contribution < 1.29 is 17.9 Å². The summed E-state index contributed by atoms with van der Waals surface area (Å²) < 4.78 is 42.8. The molecule has 18 heavy (non-hydrogen) atoms. The van der Waals surface area contributed by atoms with Crippen LogP contribution >= 0.6 is 0 Å². The van der Waals surface area contributed by atoms with E-state index in [2.05, 4.69) is 10.3 Å². The molecule has 3 nitrogen and oxygen atoms in total. The zero-order valence-corrected chi connectivity index (χ0v) is 9.57. The fourth-order valence-electron chi connectivity index (χ4n) is 2.64. The molecule has 1 saturated heterocycles. The number of aromatic nitrogens is 1. The molecule has 0 bridgehead atoms. The van der Waals surface area contributed by atoms with Gasteiger partial charge >= 0.3 is 6.18 Å². The lowest BCUT2D eigenvalue weighted by Gasteiger charge is -2.10. The number of nitrogens with zero attached hydrogens (tertiary/aromatic N) is 1. The number of piperidine rings is 1. The highest BCUT2D eigenvalue weighted by atomic mass is 19.4. The summed E-state index contributed by atoms with van der Waals surface area (Å²) in [6.45, 7) is 2.50. The molecule has 2 fully saturated rings. The van der Waals surface area contributed by atoms with Crippen LogP contribution in [-0.2, 0) is 6.18 Å². The zero-order chi connectivity index (χ0) is 12.8. The highest BCUT2D eigenvalue weighted by Crippen LogP contribution is 2.48. The van der Waals surface area contributed by atoms with Crippen molar-refractivity contribution in [1.82, 2.24) is 10.3 Å². The number of pyridine rings is 1. The Morgan fingerprint density at radius 3 is 2.72 bits per heavy atom. The van der Waals surface area contributed by atoms with E-state index in [9.17, 15) is 13.2 Å². The van der Waals surface area contributed by atoms with Crippen molar-refractivity contribution in [3.63, 3.8) is 0 Å². The molecule has 98 valence electrons. The summed E-state index contributed by atoms with van der Waals surface area (Å²) >= 11 is 0. The minimum Gasteiger partial charge on any atom is -0.493 e. The third-order valence-corrected chi connectivity index (χ3v) is 3.73. The van der Waals surface area contributed by atoms with Gasteiger partial charge in [-0.25, -0.2) is 0 Å². The number of rotatable bonds is 3. The second-order valence-electron chi connectivity index (χ2n) is 4.84. The minimum atomic E-state index is -4.42. The molecule has 1 unspecified atom stereocenters. The van der Waals surface area contributed by atoms with Gasteiger partial charge < -0.3 is 10.1 Å². The van der Waals surface area contributed by atoms with Crippen LogP contribution in [0.5, 0.6) is 5.75 Å². The van der Waals surface area contributed by atoms with Gasteiger partial charge in [-0.05, 0) is 31.0 Å². The lowest BCUT2D eigenvalue weighted by molar-refractivity contribution is -0.141. The molecule has 0 spiro atoms. The van der Waals surface area contributed by atoms with E-state index in [1.807, 2.05) is 0 Å². The van der Waals surface area contributed by atoms with Gasteiger partial charge in [0, 0.05) is 18.2 Å². The molecule has 3 rings (SSSR count). The standard InChI is InChI=1S/C12H13F3N2O/c13-12(14,15)11-3-7(1-2-17-11)18-6-10-8-4-16-5-9(8)10/h1-3,8-10,16H,4-6H2/t8-,9+,10?. The van der Waals surface area contributed by atoms with Crippen LogP contribution in [-0.4, -0.2) is 24.7 Å². The molecule has 1 aliphatic heterocycles. The van der Waals surface area contributed by atoms with E-state index < -0.39 is 11.9 Å². The first-order valence-corrected chi connectivity index (χ1v) is 5.92. The Morgan fingerprint density at radius 2 is 2.06 bits per heavy atom. The van der Waals surface area contributed by atoms with E-state index >= 15 is 0 Å². The summed E-state index contributed by atoms with van der Waals surface area (Å²) in [6, 6.07) is 2.42. The minimum absolute atomic E-state index is 0.246. The zero-order valence-electron chi connectivity index (χ0n) is 9.57. The number of hydrogen-bond acceptors (Lipinski definition) is 3. The summed E-state index contributed by atoms with van der Waals surface area (Å²) in [5.74, 6) is 2.03. The lowest BCUT2D eigenvalue weighted by Crippen LogP contribution is -2.17. The molecule has 1 aromatic heterocycles. The second kappa shape index (κ2) is 4.12. The van der Waals surface area contributed by atoms with Gasteiger partial charge in [-0.15, -0.1) is 0 Å². The molecule has 1 N–H and O–H groups in total. The predicted octanol–water partition coefficient (Wildman–Crippen LogP) is 1.94. The molecule has 0 radical (unpaired) electrons. The van der Waals surface area contributed by atoms with Crippen molar-refractivity contribution >= 4 is 0 Å². The molecule has 0 aromatic carbocycles. The number of alkyl halides is 3. The molecule has 1 saturated carbocycles. The summed E-state index contributed by atoms with van der Waals surface area (Å²) in [6.07, 6.45) is -3.28. The first-order valence-electron chi connectivity index (χ1n) is 5.92. The van der Waals surface area contributed by atoms with Crippen molar-refractivity contribution in [2.75, 3.05) is 19.7 Å². The highest BCUT2D eigenvalue weighted by molar-refractivity contribution is 5.24. The molecule has 6 heteroatoms. The van der Waals surface area contributed by atoms with Crippen LogP contribution in [0, 0.1) is 17.8 Å². The Bertz CT molecular complexity index is 439. The van der Waals surface area contributed by atoms with Crippen LogP contribution < -0.4 is 10.1 Å². The Kier molecular flexibility index (Phi) is 2.69. The average Bonchev–Trinajstić information content (AvgIpc) is 2.77. The van der Waals surface area contributed by atoms with Crippen molar-refractivity contribution in [1.29, 1.82) is 0 Å². The van der Waals surface area contributed by atoms with Gasteiger partial charge in [0.15, 0.2) is 0 Å². The molecule has 1 aromatic rings. The molecular formula is C12H13F3N2O. The van der Waals surface area contributed by atoms with Crippen LogP contribution in [0.3, 0.4) is 0 Å². The Hall–Kier alpha value is -1.30. The Labute approximate surface area is 102 Å². The number of ether oxygens (including phenoxy) is 1. The van der Waals surface area contributed by atoms with Gasteiger partial charge in [0.2, 0.25) is 0 Å². The normalized spacial score (nSPS) is 30.1. The van der Waals surface area contributed by atoms with E-state index in [0.717, 1.165) is 25.4 Å². The van der Waals surface area contributed by atoms with Crippen LogP contribution in [0.1, 0.15) is 5.69 Å². The molecule has 3 atom stereocenters. The fraction of sp³-hybridized carbons (Fsp3) is 0.583. The quantitative estimate of drug-likeness (QED) is 0.899. The number of nitrogens with one attached hydrogen (secondary N) is 1. The van der Waals surface area contributed by atoms with Gasteiger partial charge in [-0.3, -0.25) is 4.98 Å². The summed E-state index contributed by atoms with van der Waals surface area (Å²) in [5.41, 5.74) is -0.905. The fourth-order valence-corrected chi connectivity index (χ4v) is 2.64. The first-order chi connectivity index (χ1) is 8.55. The van der Waals surface area contributed by atoms with Crippen LogP contribution in [0.25, 0.3) is 0 Å². The van der Waals surface area contributed by atoms with Crippen LogP contribution in [0.4, 0.5) is 13.2 Å². The number of halogens is 3. The topological polar surface area (TPSA) is 34.1 Å². The van der Waals surface area contributed by atoms with Gasteiger partial charge in [-0.2, -0.15) is 13.2 Å². The van der Waals surface area contributed by atoms with Gasteiger partial charge in [0.1, 0.15) is 11.4 Å². The largest absolute Gasteiger partial charge is 0.493 e. The van der Waals surface area contributed by atoms with E-state index in [1.54, 1.807) is 0 Å². The molecule has 2 aliphatic rings. The van der Waals surface area contributed by atoms with E-state index in [1.165, 1.54) is 6.07 Å². The summed E-state index contributed by atoms with van der Waals surface area (Å²) in [7, 11) is 0. The van der Waals surface area contributed by atoms with Gasteiger partial charge in [0.05, 0.1) is 6.61 Å². The third-order valence-electron chi connectivity index (χ3n) is 3.73. The smallest absolute Gasteiger partial charge is 0.433 e. The highest BCUT2D eigenvalue weighted by Gasteiger charge is 2.53. The summed E-state index contributed by atoms with van der Waals surface area (Å²) in [5, 5.41) is 3.26. The maximum Gasteiger partial charge on any atom is 0.433 e.